The molecule has 1 rings (SSSR count). The highest BCUT2D eigenvalue weighted by Gasteiger charge is 1.99. The molecule has 1 nitrogen and oxygen atoms in total. The summed E-state index contributed by atoms with van der Waals surface area (Å²) in [6, 6.07) is 6.49. The Hall–Kier alpha value is -0.470. The molecular weight excluding hydrogens is 166 g/mol. The molecule has 66 valence electrons. The van der Waals surface area contributed by atoms with Crippen molar-refractivity contribution < 1.29 is 0 Å². The van der Waals surface area contributed by atoms with Crippen LogP contribution < -0.4 is 5.73 Å². The molecule has 2 heteroatoms. The molecule has 0 aliphatic rings. The summed E-state index contributed by atoms with van der Waals surface area (Å²) in [5.41, 5.74) is 8.26. The number of aryl methyl sites for hydroxylation is 1. The molecule has 0 aliphatic carbocycles. The van der Waals surface area contributed by atoms with Crippen LogP contribution in [0.2, 0.25) is 0 Å². The molecule has 0 radical (unpaired) electrons. The summed E-state index contributed by atoms with van der Waals surface area (Å²) >= 11 is 1.78. The van der Waals surface area contributed by atoms with Gasteiger partial charge in [-0.3, -0.25) is 0 Å². The van der Waals surface area contributed by atoms with Gasteiger partial charge in [0.05, 0.1) is 0 Å². The predicted molar refractivity (Wildman–Crippen MR) is 55.5 cm³/mol. The number of benzene rings is 1. The van der Waals surface area contributed by atoms with E-state index in [1.165, 1.54) is 16.0 Å². The molecule has 0 fully saturated rings. The summed E-state index contributed by atoms with van der Waals surface area (Å²) in [6.07, 6.45) is 3.16. The van der Waals surface area contributed by atoms with Crippen molar-refractivity contribution in [1.29, 1.82) is 0 Å². The second-order valence-electron chi connectivity index (χ2n) is 2.69. The van der Waals surface area contributed by atoms with Gasteiger partial charge < -0.3 is 5.73 Å². The molecule has 0 saturated heterocycles. The third-order valence-electron chi connectivity index (χ3n) is 2.01. The maximum absolute atomic E-state index is 5.61. The van der Waals surface area contributed by atoms with Crippen molar-refractivity contribution in [2.45, 2.75) is 24.8 Å². The molecule has 1 aromatic rings. The quantitative estimate of drug-likeness (QED) is 0.725. The number of rotatable bonds is 3. The van der Waals surface area contributed by atoms with Gasteiger partial charge in [0, 0.05) is 11.4 Å². The summed E-state index contributed by atoms with van der Waals surface area (Å²) in [5.74, 6) is 0. The van der Waals surface area contributed by atoms with Crippen LogP contribution in [-0.2, 0) is 13.0 Å². The SMILES string of the molecule is CCc1cc(SC)ccc1CN. The molecule has 0 saturated carbocycles. The average Bonchev–Trinajstić information content (AvgIpc) is 2.16. The van der Waals surface area contributed by atoms with E-state index >= 15 is 0 Å². The molecule has 0 unspecified atom stereocenters. The van der Waals surface area contributed by atoms with Crippen molar-refractivity contribution in [3.8, 4) is 0 Å². The minimum Gasteiger partial charge on any atom is -0.326 e. The monoisotopic (exact) mass is 181 g/mol. The fourth-order valence-corrected chi connectivity index (χ4v) is 1.72. The van der Waals surface area contributed by atoms with Crippen molar-refractivity contribution >= 4 is 11.8 Å². The normalized spacial score (nSPS) is 10.2. The van der Waals surface area contributed by atoms with Crippen LogP contribution in [0.15, 0.2) is 23.1 Å². The molecule has 0 aliphatic heterocycles. The third kappa shape index (κ3) is 2.02. The van der Waals surface area contributed by atoms with E-state index in [4.69, 9.17) is 5.73 Å². The predicted octanol–water partition coefficient (Wildman–Crippen LogP) is 2.43. The van der Waals surface area contributed by atoms with Crippen molar-refractivity contribution in [2.75, 3.05) is 6.26 Å². The summed E-state index contributed by atoms with van der Waals surface area (Å²) in [7, 11) is 0. The summed E-state index contributed by atoms with van der Waals surface area (Å²) in [6.45, 7) is 2.82. The molecule has 12 heavy (non-hydrogen) atoms. The Morgan fingerprint density at radius 1 is 1.33 bits per heavy atom. The first-order valence-corrected chi connectivity index (χ1v) is 5.40. The Bertz CT molecular complexity index is 258. The van der Waals surface area contributed by atoms with Gasteiger partial charge in [0.2, 0.25) is 0 Å². The third-order valence-corrected chi connectivity index (χ3v) is 2.74. The Morgan fingerprint density at radius 3 is 2.58 bits per heavy atom. The molecule has 0 heterocycles. The van der Waals surface area contributed by atoms with E-state index in [9.17, 15) is 0 Å². The average molecular weight is 181 g/mol. The Kier molecular flexibility index (Phi) is 3.63. The fourth-order valence-electron chi connectivity index (χ4n) is 1.26. The zero-order valence-corrected chi connectivity index (χ0v) is 8.45. The second-order valence-corrected chi connectivity index (χ2v) is 3.57. The van der Waals surface area contributed by atoms with E-state index in [0.717, 1.165) is 6.42 Å². The minimum absolute atomic E-state index is 0.651. The maximum Gasteiger partial charge on any atom is 0.0180 e. The zero-order valence-electron chi connectivity index (χ0n) is 7.63. The van der Waals surface area contributed by atoms with Gasteiger partial charge in [-0.1, -0.05) is 13.0 Å². The molecule has 0 amide bonds. The van der Waals surface area contributed by atoms with Crippen LogP contribution in [0.4, 0.5) is 0 Å². The van der Waals surface area contributed by atoms with E-state index in [2.05, 4.69) is 31.4 Å². The van der Waals surface area contributed by atoms with Gasteiger partial charge in [0.15, 0.2) is 0 Å². The van der Waals surface area contributed by atoms with Crippen molar-refractivity contribution in [3.63, 3.8) is 0 Å². The molecule has 0 aromatic heterocycles. The van der Waals surface area contributed by atoms with Gasteiger partial charge in [0.1, 0.15) is 0 Å². The first kappa shape index (κ1) is 9.62. The highest BCUT2D eigenvalue weighted by molar-refractivity contribution is 7.98. The lowest BCUT2D eigenvalue weighted by Gasteiger charge is -2.06. The van der Waals surface area contributed by atoms with Gasteiger partial charge in [-0.25, -0.2) is 0 Å². The first-order chi connectivity index (χ1) is 5.81. The van der Waals surface area contributed by atoms with Gasteiger partial charge in [-0.15, -0.1) is 11.8 Å². The van der Waals surface area contributed by atoms with Crippen LogP contribution in [0.3, 0.4) is 0 Å². The molecular formula is C10H15NS. The van der Waals surface area contributed by atoms with E-state index in [0.29, 0.717) is 6.54 Å². The Balaban J connectivity index is 3.02. The smallest absolute Gasteiger partial charge is 0.0180 e. The van der Waals surface area contributed by atoms with Crippen molar-refractivity contribution in [2.24, 2.45) is 5.73 Å². The van der Waals surface area contributed by atoms with Gasteiger partial charge >= 0.3 is 0 Å². The highest BCUT2D eigenvalue weighted by atomic mass is 32.2. The standard InChI is InChI=1S/C10H15NS/c1-3-8-6-10(12-2)5-4-9(8)7-11/h4-6H,3,7,11H2,1-2H3. The number of hydrogen-bond acceptors (Lipinski definition) is 2. The topological polar surface area (TPSA) is 26.0 Å². The largest absolute Gasteiger partial charge is 0.326 e. The molecule has 0 spiro atoms. The van der Waals surface area contributed by atoms with Crippen LogP contribution in [0.1, 0.15) is 18.1 Å². The lowest BCUT2D eigenvalue weighted by molar-refractivity contribution is 0.994. The number of nitrogens with two attached hydrogens (primary N) is 1. The minimum atomic E-state index is 0.651. The summed E-state index contributed by atoms with van der Waals surface area (Å²) < 4.78 is 0. The van der Waals surface area contributed by atoms with E-state index in [-0.39, 0.29) is 0 Å². The van der Waals surface area contributed by atoms with E-state index in [1.807, 2.05) is 0 Å². The van der Waals surface area contributed by atoms with Crippen LogP contribution >= 0.6 is 11.8 Å². The van der Waals surface area contributed by atoms with Crippen LogP contribution in [0.5, 0.6) is 0 Å². The van der Waals surface area contributed by atoms with Crippen LogP contribution in [-0.4, -0.2) is 6.26 Å². The molecule has 0 atom stereocenters. The van der Waals surface area contributed by atoms with Crippen LogP contribution in [0.25, 0.3) is 0 Å². The van der Waals surface area contributed by atoms with Crippen LogP contribution in [0, 0.1) is 0 Å². The second kappa shape index (κ2) is 4.53. The highest BCUT2D eigenvalue weighted by Crippen LogP contribution is 2.19. The summed E-state index contributed by atoms with van der Waals surface area (Å²) in [5, 5.41) is 0. The lowest BCUT2D eigenvalue weighted by Crippen LogP contribution is -2.00. The van der Waals surface area contributed by atoms with E-state index in [1.54, 1.807) is 11.8 Å². The number of thioether (sulfide) groups is 1. The number of hydrogen-bond donors (Lipinski definition) is 1. The fraction of sp³-hybridized carbons (Fsp3) is 0.400. The van der Waals surface area contributed by atoms with Crippen molar-refractivity contribution in [3.05, 3.63) is 29.3 Å². The van der Waals surface area contributed by atoms with Gasteiger partial charge in [0.25, 0.3) is 0 Å². The van der Waals surface area contributed by atoms with Gasteiger partial charge in [-0.2, -0.15) is 0 Å². The lowest BCUT2D eigenvalue weighted by atomic mass is 10.1. The molecule has 0 bridgehead atoms. The summed E-state index contributed by atoms with van der Waals surface area (Å²) in [4.78, 5) is 1.32. The first-order valence-electron chi connectivity index (χ1n) is 4.17. The molecule has 2 N–H and O–H groups in total. The van der Waals surface area contributed by atoms with E-state index < -0.39 is 0 Å². The van der Waals surface area contributed by atoms with Crippen molar-refractivity contribution in [1.82, 2.24) is 0 Å². The Morgan fingerprint density at radius 2 is 2.08 bits per heavy atom. The zero-order chi connectivity index (χ0) is 8.97. The Labute approximate surface area is 78.4 Å². The van der Waals surface area contributed by atoms with Gasteiger partial charge in [-0.05, 0) is 35.9 Å². The maximum atomic E-state index is 5.61. The molecule has 1 aromatic carbocycles.